The number of fused-ring (bicyclic) bond motifs is 1. The second-order valence-electron chi connectivity index (χ2n) is 5.73. The third kappa shape index (κ3) is 4.00. The normalized spacial score (nSPS) is 10.8. The number of nitrogens with zero attached hydrogens (tertiary/aromatic N) is 3. The van der Waals surface area contributed by atoms with E-state index < -0.39 is 11.7 Å². The van der Waals surface area contributed by atoms with E-state index in [1.807, 2.05) is 0 Å². The highest BCUT2D eigenvalue weighted by atomic mass is 35.5. The lowest BCUT2D eigenvalue weighted by atomic mass is 10.2. The second kappa shape index (κ2) is 7.46. The SMILES string of the molecule is O=C(O)Oc1cnn(-c2nc3ccc(Oc4cc(Cl)ccc4Cl)cc3c(=O)[nH]2)c1. The second-order valence-corrected chi connectivity index (χ2v) is 6.58. The summed E-state index contributed by atoms with van der Waals surface area (Å²) in [7, 11) is 0. The van der Waals surface area contributed by atoms with E-state index in [9.17, 15) is 9.59 Å². The molecule has 0 amide bonds. The molecule has 2 N–H and O–H groups in total. The third-order valence-electron chi connectivity index (χ3n) is 3.77. The Morgan fingerprint density at radius 2 is 1.97 bits per heavy atom. The molecule has 2 aromatic heterocycles. The summed E-state index contributed by atoms with van der Waals surface area (Å²) in [6, 6.07) is 9.54. The first-order chi connectivity index (χ1) is 13.9. The van der Waals surface area contributed by atoms with Crippen molar-refractivity contribution in [2.75, 3.05) is 0 Å². The van der Waals surface area contributed by atoms with Gasteiger partial charge in [0.25, 0.3) is 5.56 Å². The molecule has 0 saturated carbocycles. The van der Waals surface area contributed by atoms with Crippen LogP contribution in [0, 0.1) is 0 Å². The minimum atomic E-state index is -1.48. The lowest BCUT2D eigenvalue weighted by Gasteiger charge is -2.09. The molecule has 0 aliphatic heterocycles. The molecule has 0 fully saturated rings. The molecule has 0 saturated heterocycles. The summed E-state index contributed by atoms with van der Waals surface area (Å²) in [6.07, 6.45) is 0.984. The van der Waals surface area contributed by atoms with Crippen LogP contribution in [0.15, 0.2) is 53.6 Å². The molecule has 2 aromatic carbocycles. The number of rotatable bonds is 4. The first-order valence-corrected chi connectivity index (χ1v) is 8.77. The summed E-state index contributed by atoms with van der Waals surface area (Å²) in [5.74, 6) is 0.802. The topological polar surface area (TPSA) is 119 Å². The van der Waals surface area contributed by atoms with Crippen LogP contribution in [0.3, 0.4) is 0 Å². The van der Waals surface area contributed by atoms with Gasteiger partial charge in [0.2, 0.25) is 5.95 Å². The van der Waals surface area contributed by atoms with E-state index in [1.54, 1.807) is 30.3 Å². The van der Waals surface area contributed by atoms with Crippen LogP contribution in [0.4, 0.5) is 4.79 Å². The first-order valence-electron chi connectivity index (χ1n) is 8.02. The Morgan fingerprint density at radius 1 is 1.14 bits per heavy atom. The molecule has 11 heteroatoms. The fourth-order valence-corrected chi connectivity index (χ4v) is 2.85. The average Bonchev–Trinajstić information content (AvgIpc) is 3.13. The maximum atomic E-state index is 12.5. The van der Waals surface area contributed by atoms with Gasteiger partial charge in [0.1, 0.15) is 11.5 Å². The number of H-pyrrole nitrogens is 1. The van der Waals surface area contributed by atoms with Crippen LogP contribution in [0.1, 0.15) is 0 Å². The molecular weight excluding hydrogens is 423 g/mol. The number of hydrogen-bond donors (Lipinski definition) is 2. The molecule has 0 radical (unpaired) electrons. The number of nitrogens with one attached hydrogen (secondary N) is 1. The van der Waals surface area contributed by atoms with Crippen LogP contribution in [-0.2, 0) is 0 Å². The Morgan fingerprint density at radius 3 is 2.76 bits per heavy atom. The molecule has 2 heterocycles. The van der Waals surface area contributed by atoms with Crippen molar-refractivity contribution < 1.29 is 19.4 Å². The van der Waals surface area contributed by atoms with Gasteiger partial charge in [0.05, 0.1) is 28.3 Å². The highest BCUT2D eigenvalue weighted by molar-refractivity contribution is 6.34. The number of carbonyl (C=O) groups is 1. The van der Waals surface area contributed by atoms with E-state index in [0.717, 1.165) is 0 Å². The molecule has 0 aliphatic rings. The maximum absolute atomic E-state index is 12.5. The van der Waals surface area contributed by atoms with Crippen LogP contribution in [0.25, 0.3) is 16.9 Å². The molecule has 9 nitrogen and oxygen atoms in total. The van der Waals surface area contributed by atoms with Crippen LogP contribution < -0.4 is 15.0 Å². The molecule has 0 unspecified atom stereocenters. The van der Waals surface area contributed by atoms with Gasteiger partial charge in [0, 0.05) is 11.1 Å². The summed E-state index contributed by atoms with van der Waals surface area (Å²) in [5.41, 5.74) is -0.0617. The minimum Gasteiger partial charge on any atom is -0.456 e. The van der Waals surface area contributed by atoms with Gasteiger partial charge in [-0.25, -0.2) is 14.5 Å². The van der Waals surface area contributed by atoms with Gasteiger partial charge in [0.15, 0.2) is 5.75 Å². The molecule has 146 valence electrons. The van der Waals surface area contributed by atoms with E-state index in [4.69, 9.17) is 33.0 Å². The molecule has 4 rings (SSSR count). The van der Waals surface area contributed by atoms with Crippen molar-refractivity contribution >= 4 is 40.3 Å². The van der Waals surface area contributed by atoms with Crippen LogP contribution in [0.5, 0.6) is 17.2 Å². The lowest BCUT2D eigenvalue weighted by molar-refractivity contribution is 0.144. The predicted octanol–water partition coefficient (Wildman–Crippen LogP) is 4.26. The van der Waals surface area contributed by atoms with Crippen LogP contribution in [0.2, 0.25) is 10.0 Å². The first kappa shape index (κ1) is 18.8. The standard InChI is InChI=1S/C18H10Cl2N4O5/c19-9-1-3-13(20)15(5-9)28-10-2-4-14-12(6-10)16(25)23-17(22-14)24-8-11(7-21-24)29-18(26)27/h1-8H,(H,26,27)(H,22,23,25). The Kier molecular flexibility index (Phi) is 4.83. The highest BCUT2D eigenvalue weighted by Gasteiger charge is 2.11. The fourth-order valence-electron chi connectivity index (χ4n) is 2.54. The third-order valence-corrected chi connectivity index (χ3v) is 4.31. The zero-order valence-corrected chi connectivity index (χ0v) is 15.8. The van der Waals surface area contributed by atoms with E-state index in [2.05, 4.69) is 19.8 Å². The molecule has 0 aliphatic carbocycles. The minimum absolute atomic E-state index is 0.0117. The fraction of sp³-hybridized carbons (Fsp3) is 0. The Balaban J connectivity index is 1.68. The van der Waals surface area contributed by atoms with Crippen molar-refractivity contribution in [3.63, 3.8) is 0 Å². The van der Waals surface area contributed by atoms with Crippen molar-refractivity contribution in [1.82, 2.24) is 19.7 Å². The van der Waals surface area contributed by atoms with Crippen molar-refractivity contribution in [2.45, 2.75) is 0 Å². The van der Waals surface area contributed by atoms with Crippen molar-refractivity contribution in [3.05, 3.63) is 69.2 Å². The molecule has 0 spiro atoms. The van der Waals surface area contributed by atoms with Crippen molar-refractivity contribution in [1.29, 1.82) is 0 Å². The van der Waals surface area contributed by atoms with Gasteiger partial charge >= 0.3 is 6.16 Å². The van der Waals surface area contributed by atoms with Gasteiger partial charge in [-0.1, -0.05) is 23.2 Å². The number of carboxylic acid groups (broad SMARTS) is 1. The monoisotopic (exact) mass is 432 g/mol. The van der Waals surface area contributed by atoms with E-state index in [0.29, 0.717) is 27.1 Å². The summed E-state index contributed by atoms with van der Waals surface area (Å²) in [6.45, 7) is 0. The summed E-state index contributed by atoms with van der Waals surface area (Å²) >= 11 is 12.1. The van der Waals surface area contributed by atoms with Gasteiger partial charge < -0.3 is 14.6 Å². The van der Waals surface area contributed by atoms with Crippen molar-refractivity contribution in [3.8, 4) is 23.2 Å². The van der Waals surface area contributed by atoms with Gasteiger partial charge in [-0.15, -0.1) is 0 Å². The molecule has 0 atom stereocenters. The summed E-state index contributed by atoms with van der Waals surface area (Å²) in [5, 5.41) is 13.7. The predicted molar refractivity (Wildman–Crippen MR) is 105 cm³/mol. The number of ether oxygens (including phenoxy) is 2. The van der Waals surface area contributed by atoms with Gasteiger partial charge in [-0.3, -0.25) is 9.78 Å². The molecule has 4 aromatic rings. The Hall–Kier alpha value is -3.56. The zero-order chi connectivity index (χ0) is 20.5. The maximum Gasteiger partial charge on any atom is 0.511 e. The largest absolute Gasteiger partial charge is 0.511 e. The van der Waals surface area contributed by atoms with Crippen LogP contribution in [-0.4, -0.2) is 31.0 Å². The molecule has 29 heavy (non-hydrogen) atoms. The Labute approximate surface area is 172 Å². The number of aromatic amines is 1. The van der Waals surface area contributed by atoms with Crippen LogP contribution >= 0.6 is 23.2 Å². The molecule has 0 bridgehead atoms. The van der Waals surface area contributed by atoms with E-state index >= 15 is 0 Å². The quantitative estimate of drug-likeness (QED) is 0.462. The number of benzene rings is 2. The smallest absolute Gasteiger partial charge is 0.456 e. The zero-order valence-electron chi connectivity index (χ0n) is 14.3. The van der Waals surface area contributed by atoms with Gasteiger partial charge in [-0.05, 0) is 30.3 Å². The average molecular weight is 433 g/mol. The van der Waals surface area contributed by atoms with Gasteiger partial charge in [-0.2, -0.15) is 5.10 Å². The van der Waals surface area contributed by atoms with Crippen molar-refractivity contribution in [2.24, 2.45) is 0 Å². The lowest BCUT2D eigenvalue weighted by Crippen LogP contribution is -2.13. The summed E-state index contributed by atoms with van der Waals surface area (Å²) < 4.78 is 11.4. The number of hydrogen-bond acceptors (Lipinski definition) is 6. The number of aromatic nitrogens is 4. The Bertz CT molecular complexity index is 1300. The highest BCUT2D eigenvalue weighted by Crippen LogP contribution is 2.32. The number of halogens is 2. The van der Waals surface area contributed by atoms with E-state index in [1.165, 1.54) is 23.1 Å². The van der Waals surface area contributed by atoms with E-state index in [-0.39, 0.29) is 17.1 Å². The molecular formula is C18H10Cl2N4O5. The summed E-state index contributed by atoms with van der Waals surface area (Å²) in [4.78, 5) is 30.0.